The highest BCUT2D eigenvalue weighted by Gasteiger charge is 2.34. The number of carbonyl (C=O) groups is 2. The lowest BCUT2D eigenvalue weighted by atomic mass is 9.97. The molecule has 0 spiro atoms. The number of sulfonamides is 1. The van der Waals surface area contributed by atoms with E-state index < -0.39 is 15.8 Å². The zero-order chi connectivity index (χ0) is 22.6. The van der Waals surface area contributed by atoms with E-state index in [1.165, 1.54) is 24.4 Å². The maximum atomic E-state index is 13.6. The summed E-state index contributed by atoms with van der Waals surface area (Å²) in [6.45, 7) is 1.69. The number of halogens is 1. The lowest BCUT2D eigenvalue weighted by Gasteiger charge is -2.30. The average molecular weight is 450 g/mol. The molecule has 0 aromatic heterocycles. The summed E-state index contributed by atoms with van der Waals surface area (Å²) in [5.41, 5.74) is 1.20. The normalized spacial score (nSPS) is 15.3. The lowest BCUT2D eigenvalue weighted by molar-refractivity contribution is -0.121. The van der Waals surface area contributed by atoms with Gasteiger partial charge in [0.15, 0.2) is 0 Å². The van der Waals surface area contributed by atoms with Crippen LogP contribution in [0.2, 0.25) is 0 Å². The van der Waals surface area contributed by atoms with E-state index in [-0.39, 0.29) is 41.5 Å². The number of carbonyl (C=O) groups excluding carboxylic acids is 2. The maximum Gasteiger partial charge on any atom is 0.246 e. The number of ether oxygens (including phenoxy) is 1. The number of nitrogens with zero attached hydrogens (tertiary/aromatic N) is 1. The van der Waals surface area contributed by atoms with Crippen LogP contribution >= 0.6 is 0 Å². The monoisotopic (exact) mass is 449 g/mol. The van der Waals surface area contributed by atoms with Gasteiger partial charge in [-0.1, -0.05) is 0 Å². The first-order chi connectivity index (χ1) is 14.7. The molecule has 31 heavy (non-hydrogen) atoms. The number of rotatable bonds is 6. The van der Waals surface area contributed by atoms with Gasteiger partial charge < -0.3 is 15.4 Å². The number of piperidine rings is 1. The molecule has 0 atom stereocenters. The van der Waals surface area contributed by atoms with Gasteiger partial charge in [0.25, 0.3) is 0 Å². The molecule has 1 saturated heterocycles. The highest BCUT2D eigenvalue weighted by atomic mass is 32.2. The summed E-state index contributed by atoms with van der Waals surface area (Å²) in [5, 5.41) is 5.46. The number of nitrogens with one attached hydrogen (secondary N) is 2. The fourth-order valence-electron chi connectivity index (χ4n) is 3.43. The minimum Gasteiger partial charge on any atom is -0.495 e. The molecule has 3 rings (SSSR count). The predicted octanol–water partition coefficient (Wildman–Crippen LogP) is 2.83. The van der Waals surface area contributed by atoms with Crippen molar-refractivity contribution in [2.45, 2.75) is 24.7 Å². The van der Waals surface area contributed by atoms with Gasteiger partial charge in [-0.2, -0.15) is 4.31 Å². The summed E-state index contributed by atoms with van der Waals surface area (Å²) in [4.78, 5) is 23.4. The summed E-state index contributed by atoms with van der Waals surface area (Å²) in [7, 11) is -2.62. The van der Waals surface area contributed by atoms with Crippen molar-refractivity contribution < 1.29 is 27.1 Å². The molecule has 0 aliphatic carbocycles. The third-order valence-electron chi connectivity index (χ3n) is 5.04. The molecule has 2 amide bonds. The third kappa shape index (κ3) is 5.39. The van der Waals surface area contributed by atoms with Gasteiger partial charge in [0, 0.05) is 37.3 Å². The quantitative estimate of drug-likeness (QED) is 0.706. The van der Waals surface area contributed by atoms with Gasteiger partial charge in [-0.05, 0) is 55.3 Å². The topological polar surface area (TPSA) is 105 Å². The van der Waals surface area contributed by atoms with Crippen LogP contribution in [0.3, 0.4) is 0 Å². The molecule has 2 aromatic carbocycles. The van der Waals surface area contributed by atoms with E-state index in [1.807, 2.05) is 0 Å². The van der Waals surface area contributed by atoms with Crippen molar-refractivity contribution in [3.8, 4) is 5.75 Å². The van der Waals surface area contributed by atoms with E-state index in [1.54, 1.807) is 24.3 Å². The molecule has 0 radical (unpaired) electrons. The summed E-state index contributed by atoms with van der Waals surface area (Å²) >= 11 is 0. The average Bonchev–Trinajstić information content (AvgIpc) is 2.74. The smallest absolute Gasteiger partial charge is 0.246 e. The Bertz CT molecular complexity index is 1060. The molecule has 2 N–H and O–H groups in total. The minimum absolute atomic E-state index is 0.0731. The largest absolute Gasteiger partial charge is 0.495 e. The molecule has 0 bridgehead atoms. The second kappa shape index (κ2) is 9.44. The first kappa shape index (κ1) is 22.7. The van der Waals surface area contributed by atoms with Crippen LogP contribution in [0.15, 0.2) is 47.4 Å². The van der Waals surface area contributed by atoms with E-state index >= 15 is 0 Å². The molecular formula is C21H24FN3O5S. The number of amides is 2. The molecule has 1 fully saturated rings. The van der Waals surface area contributed by atoms with E-state index in [9.17, 15) is 22.4 Å². The Balaban J connectivity index is 1.62. The van der Waals surface area contributed by atoms with E-state index in [2.05, 4.69) is 10.6 Å². The molecule has 10 heteroatoms. The summed E-state index contributed by atoms with van der Waals surface area (Å²) in [5.74, 6) is -1.33. The van der Waals surface area contributed by atoms with Crippen LogP contribution in [0, 0.1) is 11.7 Å². The Labute approximate surface area is 180 Å². The highest BCUT2D eigenvalue weighted by molar-refractivity contribution is 7.89. The molecule has 166 valence electrons. The van der Waals surface area contributed by atoms with Crippen molar-refractivity contribution >= 4 is 33.2 Å². The number of benzene rings is 2. The second-order valence-corrected chi connectivity index (χ2v) is 9.13. The van der Waals surface area contributed by atoms with Gasteiger partial charge in [-0.3, -0.25) is 9.59 Å². The van der Waals surface area contributed by atoms with Crippen LogP contribution in [-0.4, -0.2) is 44.7 Å². The van der Waals surface area contributed by atoms with Gasteiger partial charge >= 0.3 is 0 Å². The molecular weight excluding hydrogens is 425 g/mol. The molecule has 8 nitrogen and oxygen atoms in total. The van der Waals surface area contributed by atoms with Gasteiger partial charge in [0.05, 0.1) is 7.11 Å². The van der Waals surface area contributed by atoms with Crippen LogP contribution in [0.1, 0.15) is 19.8 Å². The van der Waals surface area contributed by atoms with E-state index in [0.29, 0.717) is 24.2 Å². The molecule has 1 heterocycles. The summed E-state index contributed by atoms with van der Waals surface area (Å²) < 4.78 is 45.8. The number of hydrogen-bond acceptors (Lipinski definition) is 5. The first-order valence-corrected chi connectivity index (χ1v) is 11.2. The molecule has 1 aliphatic rings. The lowest BCUT2D eigenvalue weighted by Crippen LogP contribution is -2.41. The summed E-state index contributed by atoms with van der Waals surface area (Å²) in [6, 6.07) is 10.1. The molecule has 0 saturated carbocycles. The van der Waals surface area contributed by atoms with Crippen LogP contribution in [0.25, 0.3) is 0 Å². The minimum atomic E-state index is -3.95. The molecule has 0 unspecified atom stereocenters. The van der Waals surface area contributed by atoms with Gasteiger partial charge in [-0.25, -0.2) is 12.8 Å². The Morgan fingerprint density at radius 3 is 2.16 bits per heavy atom. The number of methoxy groups -OCH3 is 1. The highest BCUT2D eigenvalue weighted by Crippen LogP contribution is 2.30. The Morgan fingerprint density at radius 1 is 1.03 bits per heavy atom. The first-order valence-electron chi connectivity index (χ1n) is 9.73. The maximum absolute atomic E-state index is 13.6. The van der Waals surface area contributed by atoms with Crippen molar-refractivity contribution in [2.24, 2.45) is 5.92 Å². The van der Waals surface area contributed by atoms with Crippen molar-refractivity contribution in [1.29, 1.82) is 0 Å². The van der Waals surface area contributed by atoms with E-state index in [0.717, 1.165) is 12.1 Å². The molecule has 1 aliphatic heterocycles. The third-order valence-corrected chi connectivity index (χ3v) is 6.96. The Kier molecular flexibility index (Phi) is 6.91. The zero-order valence-electron chi connectivity index (χ0n) is 17.2. The van der Waals surface area contributed by atoms with Crippen molar-refractivity contribution in [3.63, 3.8) is 0 Å². The van der Waals surface area contributed by atoms with Crippen molar-refractivity contribution in [3.05, 3.63) is 48.3 Å². The predicted molar refractivity (Wildman–Crippen MR) is 114 cm³/mol. The summed E-state index contributed by atoms with van der Waals surface area (Å²) in [6.07, 6.45) is 0.680. The fraction of sp³-hybridized carbons (Fsp3) is 0.333. The van der Waals surface area contributed by atoms with Crippen molar-refractivity contribution in [1.82, 2.24) is 4.31 Å². The number of anilines is 2. The van der Waals surface area contributed by atoms with Gasteiger partial charge in [0.1, 0.15) is 16.5 Å². The van der Waals surface area contributed by atoms with Crippen molar-refractivity contribution in [2.75, 3.05) is 30.8 Å². The fourth-order valence-corrected chi connectivity index (χ4v) is 5.07. The van der Waals surface area contributed by atoms with E-state index in [4.69, 9.17) is 4.74 Å². The van der Waals surface area contributed by atoms with Crippen LogP contribution < -0.4 is 15.4 Å². The Morgan fingerprint density at radius 2 is 1.61 bits per heavy atom. The van der Waals surface area contributed by atoms with Crippen LogP contribution in [0.5, 0.6) is 5.75 Å². The van der Waals surface area contributed by atoms with Gasteiger partial charge in [-0.15, -0.1) is 0 Å². The zero-order valence-corrected chi connectivity index (χ0v) is 18.0. The van der Waals surface area contributed by atoms with Gasteiger partial charge in [0.2, 0.25) is 21.8 Å². The standard InChI is InChI=1S/C21H24FN3O5S/c1-14(26)23-17-4-6-18(7-5-17)24-21(27)15-9-11-25(12-10-15)31(28,29)20-13-16(22)3-8-19(20)30-2/h3-8,13,15H,9-12H2,1-2H3,(H,23,26)(H,24,27). The number of hydrogen-bond donors (Lipinski definition) is 2. The van der Waals surface area contributed by atoms with Crippen LogP contribution in [0.4, 0.5) is 15.8 Å². The SMILES string of the molecule is COc1ccc(F)cc1S(=O)(=O)N1CCC(C(=O)Nc2ccc(NC(C)=O)cc2)CC1. The second-order valence-electron chi connectivity index (χ2n) is 7.22. The van der Waals surface area contributed by atoms with Crippen LogP contribution in [-0.2, 0) is 19.6 Å². The Hall–Kier alpha value is -2.98. The molecule has 2 aromatic rings.